The molecule has 1 aromatic rings. The van der Waals surface area contributed by atoms with Gasteiger partial charge in [-0.15, -0.1) is 0 Å². The molecule has 0 saturated heterocycles. The molecule has 1 aliphatic rings. The fourth-order valence-corrected chi connectivity index (χ4v) is 1.16. The summed E-state index contributed by atoms with van der Waals surface area (Å²) in [6.07, 6.45) is 10.0. The number of rotatable bonds is 1. The van der Waals surface area contributed by atoms with Gasteiger partial charge in [-0.2, -0.15) is 0 Å². The molecule has 0 spiro atoms. The van der Waals surface area contributed by atoms with Gasteiger partial charge in [0.1, 0.15) is 0 Å². The minimum absolute atomic E-state index is 0. The molecule has 0 saturated carbocycles. The smallest absolute Gasteiger partial charge is 0.00506 e. The Bertz CT molecular complexity index is 455. The van der Waals surface area contributed by atoms with Crippen LogP contribution in [-0.4, -0.2) is 0 Å². The summed E-state index contributed by atoms with van der Waals surface area (Å²) in [5.41, 5.74) is 1.41. The van der Waals surface area contributed by atoms with Crippen LogP contribution in [0.1, 0.15) is 25.3 Å². The molecule has 0 bridgehead atoms. The second-order valence-electron chi connectivity index (χ2n) is 4.49. The zero-order chi connectivity index (χ0) is 16.6. The van der Waals surface area contributed by atoms with Crippen LogP contribution in [-0.2, 0) is 17.1 Å². The molecule has 129 valence electrons. The summed E-state index contributed by atoms with van der Waals surface area (Å²) >= 11 is 0. The van der Waals surface area contributed by atoms with Crippen molar-refractivity contribution in [3.05, 3.63) is 66.6 Å². The van der Waals surface area contributed by atoms with Crippen molar-refractivity contribution in [3.63, 3.8) is 0 Å². The normalized spacial score (nSPS) is 15.5. The Hall–Kier alpha value is -0.771. The molecule has 0 unspecified atom stereocenters. The van der Waals surface area contributed by atoms with Gasteiger partial charge in [-0.05, 0) is 11.5 Å². The van der Waals surface area contributed by atoms with Crippen molar-refractivity contribution in [1.82, 2.24) is 0 Å². The average Bonchev–Trinajstić information content (AvgIpc) is 2.84. The van der Waals surface area contributed by atoms with Crippen LogP contribution in [0.2, 0.25) is 0 Å². The van der Waals surface area contributed by atoms with Gasteiger partial charge in [0.25, 0.3) is 0 Å². The zero-order valence-electron chi connectivity index (χ0n) is 11.9. The second-order valence-corrected chi connectivity index (χ2v) is 6.40. The molecule has 0 aromatic heterocycles. The van der Waals surface area contributed by atoms with Crippen molar-refractivity contribution in [3.8, 4) is 0 Å². The van der Waals surface area contributed by atoms with Crippen LogP contribution in [0.3, 0.4) is 0 Å². The van der Waals surface area contributed by atoms with E-state index >= 15 is 0 Å². The van der Waals surface area contributed by atoms with Crippen molar-refractivity contribution in [2.24, 2.45) is 0 Å². The van der Waals surface area contributed by atoms with Gasteiger partial charge in [-0.25, -0.2) is 0 Å². The quantitative estimate of drug-likeness (QED) is 0.266. The summed E-state index contributed by atoms with van der Waals surface area (Å²) in [6, 6.07) is 10.5. The number of allylic oxidation sites excluding steroid dienone is 4. The first kappa shape index (κ1) is 23.5. The summed E-state index contributed by atoms with van der Waals surface area (Å²) in [4.78, 5) is 0. The molecule has 0 heterocycles. The maximum atomic E-state index is 9.87. The van der Waals surface area contributed by atoms with Gasteiger partial charge in [-0.3, -0.25) is 0 Å². The molecule has 0 N–H and O–H groups in total. The molecular formula is C14H17F6FeP-. The van der Waals surface area contributed by atoms with Gasteiger partial charge in [0.2, 0.25) is 0 Å². The molecule has 8 heteroatoms. The zero-order valence-corrected chi connectivity index (χ0v) is 13.9. The van der Waals surface area contributed by atoms with E-state index in [1.807, 2.05) is 36.8 Å². The Morgan fingerprint density at radius 2 is 1.09 bits per heavy atom. The number of hydrogen-bond donors (Lipinski definition) is 0. The fraction of sp³-hybridized carbons (Fsp3) is 0.214. The van der Waals surface area contributed by atoms with E-state index in [2.05, 4.69) is 38.1 Å². The van der Waals surface area contributed by atoms with Crippen LogP contribution < -0.4 is 0 Å². The molecule has 2 rings (SSSR count). The molecule has 0 atom stereocenters. The van der Waals surface area contributed by atoms with Crippen molar-refractivity contribution >= 4 is 7.81 Å². The topological polar surface area (TPSA) is 0 Å². The Balaban J connectivity index is 0. The predicted octanol–water partition coefficient (Wildman–Crippen LogP) is 7.51. The number of benzene rings is 1. The molecule has 1 radical (unpaired) electrons. The monoisotopic (exact) mass is 386 g/mol. The Labute approximate surface area is 137 Å². The van der Waals surface area contributed by atoms with E-state index in [4.69, 9.17) is 0 Å². The maximum absolute atomic E-state index is 10.7. The van der Waals surface area contributed by atoms with Crippen LogP contribution >= 0.6 is 7.81 Å². The van der Waals surface area contributed by atoms with Crippen molar-refractivity contribution in [1.29, 1.82) is 0 Å². The van der Waals surface area contributed by atoms with Gasteiger partial charge in [0, 0.05) is 23.5 Å². The Kier molecular flexibility index (Phi) is 8.74. The maximum Gasteiger partial charge on any atom is 0.00506 e. The Morgan fingerprint density at radius 3 is 1.27 bits per heavy atom. The van der Waals surface area contributed by atoms with E-state index in [9.17, 15) is 25.2 Å². The van der Waals surface area contributed by atoms with Gasteiger partial charge in [0.15, 0.2) is 0 Å². The van der Waals surface area contributed by atoms with E-state index in [-0.39, 0.29) is 17.1 Å². The molecule has 0 fully saturated rings. The molecule has 22 heavy (non-hydrogen) atoms. The Morgan fingerprint density at radius 1 is 0.727 bits per heavy atom. The van der Waals surface area contributed by atoms with Crippen LogP contribution in [0.25, 0.3) is 0 Å². The summed E-state index contributed by atoms with van der Waals surface area (Å²) in [5, 5.41) is 0. The van der Waals surface area contributed by atoms with Crippen LogP contribution in [0.4, 0.5) is 25.2 Å². The van der Waals surface area contributed by atoms with Crippen molar-refractivity contribution in [2.75, 3.05) is 0 Å². The molecule has 1 aromatic carbocycles. The first-order valence-corrected chi connectivity index (χ1v) is 8.06. The van der Waals surface area contributed by atoms with Crippen molar-refractivity contribution < 1.29 is 42.3 Å². The van der Waals surface area contributed by atoms with Crippen LogP contribution in [0.15, 0.2) is 54.6 Å². The van der Waals surface area contributed by atoms with Crippen molar-refractivity contribution in [2.45, 2.75) is 19.8 Å². The SMILES string of the molecule is CC(C)c1ccccc1.F[P-](F)(F)(F)(F)F.[CH]1C=CC=C1.[Fe]. The summed E-state index contributed by atoms with van der Waals surface area (Å²) < 4.78 is 59.2. The first-order valence-electron chi connectivity index (χ1n) is 6.03. The number of hydrogen-bond acceptors (Lipinski definition) is 0. The third-order valence-electron chi connectivity index (χ3n) is 2.02. The third-order valence-corrected chi connectivity index (χ3v) is 2.02. The summed E-state index contributed by atoms with van der Waals surface area (Å²) in [6.45, 7) is 4.41. The fourth-order valence-electron chi connectivity index (χ4n) is 1.16. The van der Waals surface area contributed by atoms with Gasteiger partial charge >= 0.3 is 33.0 Å². The molecule has 0 amide bonds. The van der Waals surface area contributed by atoms with E-state index < -0.39 is 7.81 Å². The summed E-state index contributed by atoms with van der Waals surface area (Å²) in [5.74, 6) is 0.659. The standard InChI is InChI=1S/C9H12.C5H5.F6P.Fe/c1-8(2)9-6-4-3-5-7-9;1-2-4-5-3-1;1-7(2,3,4,5)6;/h3-8H,1-2H3;1-5H;;/q;;-1;. The third kappa shape index (κ3) is 24.3. The van der Waals surface area contributed by atoms with E-state index in [1.165, 1.54) is 5.56 Å². The first-order chi connectivity index (χ1) is 9.25. The minimum Gasteiger partial charge on any atom is -0.0767 e. The predicted molar refractivity (Wildman–Crippen MR) is 76.7 cm³/mol. The van der Waals surface area contributed by atoms with Crippen LogP contribution in [0, 0.1) is 6.42 Å². The average molecular weight is 386 g/mol. The van der Waals surface area contributed by atoms with Crippen LogP contribution in [0.5, 0.6) is 0 Å². The van der Waals surface area contributed by atoms with Gasteiger partial charge < -0.3 is 0 Å². The molecule has 1 aliphatic carbocycles. The van der Waals surface area contributed by atoms with Gasteiger partial charge in [-0.1, -0.05) is 68.5 Å². The van der Waals surface area contributed by atoms with E-state index in [0.717, 1.165) is 0 Å². The summed E-state index contributed by atoms with van der Waals surface area (Å²) in [7, 11) is -10.7. The number of halogens is 6. The molecule has 0 aliphatic heterocycles. The largest absolute Gasteiger partial charge is 0.0767 e. The van der Waals surface area contributed by atoms with E-state index in [0.29, 0.717) is 5.92 Å². The second kappa shape index (κ2) is 8.19. The van der Waals surface area contributed by atoms with Gasteiger partial charge in [0.05, 0.1) is 0 Å². The molecular weight excluding hydrogens is 369 g/mol. The van der Waals surface area contributed by atoms with E-state index in [1.54, 1.807) is 0 Å². The molecule has 0 nitrogen and oxygen atoms in total. The minimum atomic E-state index is -10.7.